The van der Waals surface area contributed by atoms with Crippen LogP contribution in [0.2, 0.25) is 0 Å². The number of carbonyl (C=O) groups excluding carboxylic acids is 1. The van der Waals surface area contributed by atoms with Crippen molar-refractivity contribution in [1.82, 2.24) is 10.2 Å². The second kappa shape index (κ2) is 5.89. The van der Waals surface area contributed by atoms with E-state index in [1.807, 2.05) is 0 Å². The van der Waals surface area contributed by atoms with E-state index in [0.29, 0.717) is 24.0 Å². The van der Waals surface area contributed by atoms with Gasteiger partial charge in [0.15, 0.2) is 0 Å². The van der Waals surface area contributed by atoms with Gasteiger partial charge < -0.3 is 15.3 Å². The van der Waals surface area contributed by atoms with E-state index in [1.165, 1.54) is 4.90 Å². The summed E-state index contributed by atoms with van der Waals surface area (Å²) in [5, 5.41) is 11.5. The highest BCUT2D eigenvalue weighted by atomic mass is 79.9. The topological polar surface area (TPSA) is 69.6 Å². The van der Waals surface area contributed by atoms with Crippen LogP contribution >= 0.6 is 15.9 Å². The van der Waals surface area contributed by atoms with Crippen LogP contribution in [0.25, 0.3) is 0 Å². The summed E-state index contributed by atoms with van der Waals surface area (Å²) in [5.41, 5.74) is 0. The molecule has 16 heavy (non-hydrogen) atoms. The molecule has 1 saturated heterocycles. The summed E-state index contributed by atoms with van der Waals surface area (Å²) in [6, 6.07) is -0.230. The van der Waals surface area contributed by atoms with E-state index in [-0.39, 0.29) is 12.6 Å². The molecule has 0 saturated carbocycles. The van der Waals surface area contributed by atoms with Gasteiger partial charge in [0, 0.05) is 17.6 Å². The Kier molecular flexibility index (Phi) is 4.79. The maximum atomic E-state index is 11.6. The molecule has 0 aliphatic carbocycles. The van der Waals surface area contributed by atoms with Crippen LogP contribution < -0.4 is 5.32 Å². The predicted octanol–water partition coefficient (Wildman–Crippen LogP) is 1.40. The summed E-state index contributed by atoms with van der Waals surface area (Å²) in [4.78, 5) is 24.0. The average Bonchev–Trinajstić information content (AvgIpc) is 2.26. The van der Waals surface area contributed by atoms with Gasteiger partial charge in [-0.1, -0.05) is 22.5 Å². The molecular formula is C10H15BrN2O3. The Bertz CT molecular complexity index is 306. The van der Waals surface area contributed by atoms with Gasteiger partial charge >= 0.3 is 12.0 Å². The fourth-order valence-electron chi connectivity index (χ4n) is 1.65. The Hall–Kier alpha value is -1.04. The number of likely N-dealkylation sites (tertiary alicyclic amines) is 1. The van der Waals surface area contributed by atoms with Gasteiger partial charge in [0.05, 0.1) is 12.5 Å². The Morgan fingerprint density at radius 3 is 2.81 bits per heavy atom. The number of hydrogen-bond acceptors (Lipinski definition) is 2. The molecule has 0 spiro atoms. The van der Waals surface area contributed by atoms with E-state index in [9.17, 15) is 9.59 Å². The zero-order chi connectivity index (χ0) is 12.1. The molecule has 1 aliphatic heterocycles. The molecule has 1 aliphatic rings. The number of carboxylic acids is 1. The smallest absolute Gasteiger partial charge is 0.317 e. The molecule has 0 unspecified atom stereocenters. The fourth-order valence-corrected chi connectivity index (χ4v) is 1.79. The van der Waals surface area contributed by atoms with Crippen molar-refractivity contribution in [2.45, 2.75) is 12.8 Å². The lowest BCUT2D eigenvalue weighted by Crippen LogP contribution is -2.47. The maximum Gasteiger partial charge on any atom is 0.317 e. The number of carbonyl (C=O) groups is 2. The fraction of sp³-hybridized carbons (Fsp3) is 0.600. The van der Waals surface area contributed by atoms with Crippen LogP contribution in [0.1, 0.15) is 12.8 Å². The molecule has 1 fully saturated rings. The van der Waals surface area contributed by atoms with E-state index in [0.717, 1.165) is 6.42 Å². The van der Waals surface area contributed by atoms with E-state index in [2.05, 4.69) is 27.8 Å². The maximum absolute atomic E-state index is 11.6. The first-order valence-corrected chi connectivity index (χ1v) is 5.89. The van der Waals surface area contributed by atoms with Crippen LogP contribution in [0.15, 0.2) is 11.1 Å². The van der Waals surface area contributed by atoms with E-state index in [4.69, 9.17) is 5.11 Å². The minimum atomic E-state index is -0.831. The second-order valence-electron chi connectivity index (χ2n) is 3.80. The monoisotopic (exact) mass is 290 g/mol. The molecule has 0 aromatic heterocycles. The lowest BCUT2D eigenvalue weighted by Gasteiger charge is -2.30. The summed E-state index contributed by atoms with van der Waals surface area (Å²) in [6.07, 6.45) is 1.38. The minimum Gasteiger partial charge on any atom is -0.481 e. The first-order chi connectivity index (χ1) is 7.50. The first-order valence-electron chi connectivity index (χ1n) is 5.09. The van der Waals surface area contributed by atoms with Crippen molar-refractivity contribution in [1.29, 1.82) is 0 Å². The molecular weight excluding hydrogens is 276 g/mol. The van der Waals surface area contributed by atoms with Gasteiger partial charge in [0.2, 0.25) is 0 Å². The third-order valence-electron chi connectivity index (χ3n) is 2.49. The van der Waals surface area contributed by atoms with Crippen LogP contribution in [0.5, 0.6) is 0 Å². The molecule has 0 aromatic carbocycles. The molecule has 2 amide bonds. The second-order valence-corrected chi connectivity index (χ2v) is 4.92. The molecule has 2 N–H and O–H groups in total. The van der Waals surface area contributed by atoms with Crippen LogP contribution in [0.3, 0.4) is 0 Å². The van der Waals surface area contributed by atoms with E-state index < -0.39 is 11.9 Å². The summed E-state index contributed by atoms with van der Waals surface area (Å²) < 4.78 is 0.688. The summed E-state index contributed by atoms with van der Waals surface area (Å²) in [6.45, 7) is 4.86. The SMILES string of the molecule is C=C(Br)CNC(=O)N1CCC[C@H](C(=O)O)C1. The van der Waals surface area contributed by atoms with Gasteiger partial charge in [0.1, 0.15) is 0 Å². The number of amides is 2. The number of nitrogens with zero attached hydrogens (tertiary/aromatic N) is 1. The van der Waals surface area contributed by atoms with Gasteiger partial charge in [-0.3, -0.25) is 4.79 Å². The molecule has 6 heteroatoms. The summed E-state index contributed by atoms with van der Waals surface area (Å²) in [7, 11) is 0. The Balaban J connectivity index is 2.43. The largest absolute Gasteiger partial charge is 0.481 e. The molecule has 5 nitrogen and oxygen atoms in total. The van der Waals surface area contributed by atoms with Gasteiger partial charge in [0.25, 0.3) is 0 Å². The molecule has 90 valence electrons. The average molecular weight is 291 g/mol. The lowest BCUT2D eigenvalue weighted by molar-refractivity contribution is -0.143. The van der Waals surface area contributed by atoms with Crippen molar-refractivity contribution >= 4 is 27.9 Å². The third kappa shape index (κ3) is 3.84. The molecule has 0 bridgehead atoms. The highest BCUT2D eigenvalue weighted by Crippen LogP contribution is 2.16. The van der Waals surface area contributed by atoms with Crippen LogP contribution in [-0.2, 0) is 4.79 Å². The third-order valence-corrected chi connectivity index (χ3v) is 2.77. The zero-order valence-corrected chi connectivity index (χ0v) is 10.5. The first kappa shape index (κ1) is 13.0. The minimum absolute atomic E-state index is 0.230. The Labute approximate surface area is 103 Å². The van der Waals surface area contributed by atoms with Crippen molar-refractivity contribution in [2.24, 2.45) is 5.92 Å². The number of piperidine rings is 1. The van der Waals surface area contributed by atoms with Crippen LogP contribution in [-0.4, -0.2) is 41.6 Å². The number of nitrogens with one attached hydrogen (secondary N) is 1. The summed E-state index contributed by atoms with van der Waals surface area (Å²) in [5.74, 6) is -1.27. The van der Waals surface area contributed by atoms with Crippen LogP contribution in [0, 0.1) is 5.92 Å². The normalized spacial score (nSPS) is 20.3. The Morgan fingerprint density at radius 1 is 1.56 bits per heavy atom. The lowest BCUT2D eigenvalue weighted by atomic mass is 9.99. The number of carboxylic acid groups (broad SMARTS) is 1. The van der Waals surface area contributed by atoms with E-state index in [1.54, 1.807) is 0 Å². The predicted molar refractivity (Wildman–Crippen MR) is 63.4 cm³/mol. The highest BCUT2D eigenvalue weighted by molar-refractivity contribution is 9.11. The van der Waals surface area contributed by atoms with Crippen molar-refractivity contribution in [3.05, 3.63) is 11.1 Å². The van der Waals surface area contributed by atoms with Gasteiger partial charge in [-0.05, 0) is 12.8 Å². The summed E-state index contributed by atoms with van der Waals surface area (Å²) >= 11 is 3.14. The van der Waals surface area contributed by atoms with E-state index >= 15 is 0 Å². The number of rotatable bonds is 3. The molecule has 1 heterocycles. The quantitative estimate of drug-likeness (QED) is 0.825. The van der Waals surface area contributed by atoms with Gasteiger partial charge in [-0.25, -0.2) is 4.79 Å². The number of hydrogen-bond donors (Lipinski definition) is 2. The number of halogens is 1. The molecule has 0 radical (unpaired) electrons. The van der Waals surface area contributed by atoms with Crippen molar-refractivity contribution in [2.75, 3.05) is 19.6 Å². The molecule has 1 atom stereocenters. The number of aliphatic carboxylic acids is 1. The highest BCUT2D eigenvalue weighted by Gasteiger charge is 2.27. The number of urea groups is 1. The van der Waals surface area contributed by atoms with Gasteiger partial charge in [-0.15, -0.1) is 0 Å². The zero-order valence-electron chi connectivity index (χ0n) is 8.91. The van der Waals surface area contributed by atoms with Crippen molar-refractivity contribution in [3.63, 3.8) is 0 Å². The van der Waals surface area contributed by atoms with Crippen molar-refractivity contribution < 1.29 is 14.7 Å². The molecule has 1 rings (SSSR count). The van der Waals surface area contributed by atoms with Crippen molar-refractivity contribution in [3.8, 4) is 0 Å². The Morgan fingerprint density at radius 2 is 2.25 bits per heavy atom. The van der Waals surface area contributed by atoms with Gasteiger partial charge in [-0.2, -0.15) is 0 Å². The molecule has 0 aromatic rings. The van der Waals surface area contributed by atoms with Crippen LogP contribution in [0.4, 0.5) is 4.79 Å². The standard InChI is InChI=1S/C10H15BrN2O3/c1-7(11)5-12-10(16)13-4-2-3-8(6-13)9(14)15/h8H,1-6H2,(H,12,16)(H,14,15)/t8-/m0/s1.